The Bertz CT molecular complexity index is 2780. The third-order valence-electron chi connectivity index (χ3n) is 9.27. The van der Waals surface area contributed by atoms with Crippen molar-refractivity contribution in [2.75, 3.05) is 0 Å². The van der Waals surface area contributed by atoms with Crippen LogP contribution in [0.15, 0.2) is 156 Å². The molecule has 4 nitrogen and oxygen atoms in total. The maximum absolute atomic E-state index is 6.48. The highest BCUT2D eigenvalue weighted by Gasteiger charge is 2.17. The summed E-state index contributed by atoms with van der Waals surface area (Å²) in [5, 5.41) is 11.8. The highest BCUT2D eigenvalue weighted by molar-refractivity contribution is 6.30. The van der Waals surface area contributed by atoms with E-state index in [0.717, 1.165) is 44.0 Å². The molecule has 0 spiro atoms. The van der Waals surface area contributed by atoms with Gasteiger partial charge in [-0.1, -0.05) is 127 Å². The standard InChI is InChI=1S/C43H25N3O/c1-3-12-27(13-4-1)41-44-42(28-14-5-2-6-15-28)46-43(45-41)29-19-21-33-34(23-29)31-17-9-10-18-32(31)36-25-39-37(24-35(33)36)40-30-16-8-7-11-26(30)20-22-38(40)47-39/h1-25H. The molecule has 2 heterocycles. The van der Waals surface area contributed by atoms with Gasteiger partial charge >= 0.3 is 0 Å². The maximum Gasteiger partial charge on any atom is 0.164 e. The minimum atomic E-state index is 0.645. The van der Waals surface area contributed by atoms with Crippen molar-refractivity contribution in [1.82, 2.24) is 15.0 Å². The van der Waals surface area contributed by atoms with Gasteiger partial charge in [0.25, 0.3) is 0 Å². The second-order valence-electron chi connectivity index (χ2n) is 12.0. The second-order valence-corrected chi connectivity index (χ2v) is 12.0. The quantitative estimate of drug-likeness (QED) is 0.190. The molecule has 47 heavy (non-hydrogen) atoms. The van der Waals surface area contributed by atoms with Gasteiger partial charge in [-0.2, -0.15) is 0 Å². The molecule has 0 atom stereocenters. The Morgan fingerprint density at radius 3 is 1.53 bits per heavy atom. The van der Waals surface area contributed by atoms with Gasteiger partial charge in [-0.25, -0.2) is 15.0 Å². The summed E-state index contributed by atoms with van der Waals surface area (Å²) in [6.07, 6.45) is 0. The van der Waals surface area contributed by atoms with Crippen LogP contribution in [0.4, 0.5) is 0 Å². The predicted octanol–water partition coefficient (Wildman–Crippen LogP) is 11.4. The fraction of sp³-hybridized carbons (Fsp3) is 0. The van der Waals surface area contributed by atoms with E-state index in [-0.39, 0.29) is 0 Å². The maximum atomic E-state index is 6.48. The highest BCUT2D eigenvalue weighted by atomic mass is 16.3. The lowest BCUT2D eigenvalue weighted by molar-refractivity contribution is 0.670. The van der Waals surface area contributed by atoms with E-state index in [4.69, 9.17) is 19.4 Å². The first-order chi connectivity index (χ1) is 23.3. The molecular formula is C43H25N3O. The molecule has 0 saturated carbocycles. The van der Waals surface area contributed by atoms with Gasteiger partial charge in [-0.3, -0.25) is 0 Å². The predicted molar refractivity (Wildman–Crippen MR) is 193 cm³/mol. The molecule has 218 valence electrons. The van der Waals surface area contributed by atoms with E-state index < -0.39 is 0 Å². The van der Waals surface area contributed by atoms with Crippen molar-refractivity contribution in [3.05, 3.63) is 152 Å². The van der Waals surface area contributed by atoms with E-state index >= 15 is 0 Å². The fourth-order valence-electron chi connectivity index (χ4n) is 7.07. The van der Waals surface area contributed by atoms with Crippen LogP contribution in [0.2, 0.25) is 0 Å². The SMILES string of the molecule is c1ccc(-c2nc(-c3ccccc3)nc(-c3ccc4c(c3)c3ccccc3c3cc5oc6ccc7ccccc7c6c5cc43)n2)cc1. The molecule has 0 aliphatic heterocycles. The van der Waals surface area contributed by atoms with Crippen LogP contribution >= 0.6 is 0 Å². The van der Waals surface area contributed by atoms with Gasteiger partial charge in [0.1, 0.15) is 11.2 Å². The molecule has 0 radical (unpaired) electrons. The molecule has 4 heteroatoms. The Hall–Kier alpha value is -6.39. The third kappa shape index (κ3) is 4.05. The summed E-state index contributed by atoms with van der Waals surface area (Å²) in [5.74, 6) is 1.95. The molecule has 0 bridgehead atoms. The largest absolute Gasteiger partial charge is 0.456 e. The van der Waals surface area contributed by atoms with E-state index in [0.29, 0.717) is 17.5 Å². The van der Waals surface area contributed by atoms with Crippen LogP contribution in [-0.4, -0.2) is 15.0 Å². The molecule has 2 aromatic heterocycles. The minimum absolute atomic E-state index is 0.645. The Labute approximate surface area is 269 Å². The molecule has 0 unspecified atom stereocenters. The summed E-state index contributed by atoms with van der Waals surface area (Å²) in [5.41, 5.74) is 4.66. The van der Waals surface area contributed by atoms with Crippen LogP contribution in [0.5, 0.6) is 0 Å². The third-order valence-corrected chi connectivity index (χ3v) is 9.27. The summed E-state index contributed by atoms with van der Waals surface area (Å²) in [7, 11) is 0. The molecule has 10 aromatic rings. The zero-order chi connectivity index (χ0) is 30.9. The van der Waals surface area contributed by atoms with Gasteiger partial charge in [-0.15, -0.1) is 0 Å². The van der Waals surface area contributed by atoms with E-state index in [1.165, 1.54) is 37.7 Å². The van der Waals surface area contributed by atoms with Gasteiger partial charge in [-0.05, 0) is 67.4 Å². The Balaban J connectivity index is 1.26. The average Bonchev–Trinajstić information content (AvgIpc) is 3.53. The van der Waals surface area contributed by atoms with Gasteiger partial charge in [0.15, 0.2) is 17.5 Å². The van der Waals surface area contributed by atoms with Crippen molar-refractivity contribution >= 4 is 65.0 Å². The first-order valence-electron chi connectivity index (χ1n) is 15.8. The van der Waals surface area contributed by atoms with Gasteiger partial charge in [0, 0.05) is 27.5 Å². The molecule has 0 aliphatic rings. The smallest absolute Gasteiger partial charge is 0.164 e. The summed E-state index contributed by atoms with van der Waals surface area (Å²) in [6, 6.07) is 52.7. The van der Waals surface area contributed by atoms with Crippen molar-refractivity contribution in [1.29, 1.82) is 0 Å². The number of nitrogens with zero attached hydrogens (tertiary/aromatic N) is 3. The number of aromatic nitrogens is 3. The number of furan rings is 1. The Kier molecular flexibility index (Phi) is 5.54. The molecule has 0 amide bonds. The topological polar surface area (TPSA) is 51.8 Å². The van der Waals surface area contributed by atoms with Crippen molar-refractivity contribution in [2.45, 2.75) is 0 Å². The Morgan fingerprint density at radius 1 is 0.319 bits per heavy atom. The molecule has 0 aliphatic carbocycles. The average molecular weight is 600 g/mol. The molecular weight excluding hydrogens is 574 g/mol. The van der Waals surface area contributed by atoms with E-state index in [1.807, 2.05) is 60.7 Å². The molecule has 10 rings (SSSR count). The van der Waals surface area contributed by atoms with Gasteiger partial charge in [0.2, 0.25) is 0 Å². The summed E-state index contributed by atoms with van der Waals surface area (Å²) in [4.78, 5) is 14.9. The highest BCUT2D eigenvalue weighted by Crippen LogP contribution is 2.42. The summed E-state index contributed by atoms with van der Waals surface area (Å²) in [6.45, 7) is 0. The molecule has 0 N–H and O–H groups in total. The lowest BCUT2D eigenvalue weighted by atomic mass is 9.92. The van der Waals surface area contributed by atoms with Crippen LogP contribution in [0, 0.1) is 0 Å². The number of rotatable bonds is 3. The zero-order valence-corrected chi connectivity index (χ0v) is 25.2. The first-order valence-corrected chi connectivity index (χ1v) is 15.8. The normalized spacial score (nSPS) is 11.8. The van der Waals surface area contributed by atoms with Crippen LogP contribution in [0.1, 0.15) is 0 Å². The second kappa shape index (κ2) is 10.1. The van der Waals surface area contributed by atoms with Crippen molar-refractivity contribution < 1.29 is 4.42 Å². The monoisotopic (exact) mass is 599 g/mol. The molecule has 8 aromatic carbocycles. The van der Waals surface area contributed by atoms with E-state index in [1.54, 1.807) is 0 Å². The number of hydrogen-bond acceptors (Lipinski definition) is 4. The lowest BCUT2D eigenvalue weighted by Crippen LogP contribution is -2.00. The van der Waals surface area contributed by atoms with Gasteiger partial charge < -0.3 is 4.42 Å². The zero-order valence-electron chi connectivity index (χ0n) is 25.2. The van der Waals surface area contributed by atoms with E-state index in [2.05, 4.69) is 91.0 Å². The molecule has 0 saturated heterocycles. The first kappa shape index (κ1) is 25.9. The van der Waals surface area contributed by atoms with Gasteiger partial charge in [0.05, 0.1) is 0 Å². The van der Waals surface area contributed by atoms with Crippen molar-refractivity contribution in [3.8, 4) is 34.2 Å². The number of hydrogen-bond donors (Lipinski definition) is 0. The summed E-state index contributed by atoms with van der Waals surface area (Å²) < 4.78 is 6.48. The van der Waals surface area contributed by atoms with Crippen LogP contribution in [0.25, 0.3) is 99.2 Å². The summed E-state index contributed by atoms with van der Waals surface area (Å²) >= 11 is 0. The fourth-order valence-corrected chi connectivity index (χ4v) is 7.07. The lowest BCUT2D eigenvalue weighted by Gasteiger charge is -2.13. The number of benzene rings is 8. The molecule has 0 fully saturated rings. The van der Waals surface area contributed by atoms with Crippen LogP contribution < -0.4 is 0 Å². The number of fused-ring (bicyclic) bond motifs is 11. The van der Waals surface area contributed by atoms with Crippen LogP contribution in [0.3, 0.4) is 0 Å². The Morgan fingerprint density at radius 2 is 0.851 bits per heavy atom. The van der Waals surface area contributed by atoms with E-state index in [9.17, 15) is 0 Å². The van der Waals surface area contributed by atoms with Crippen LogP contribution in [-0.2, 0) is 0 Å². The minimum Gasteiger partial charge on any atom is -0.456 e. The van der Waals surface area contributed by atoms with Crippen molar-refractivity contribution in [3.63, 3.8) is 0 Å². The van der Waals surface area contributed by atoms with Crippen molar-refractivity contribution in [2.24, 2.45) is 0 Å².